The molecular formula is C24H28N2O4S. The number of hydrogen-bond donors (Lipinski definition) is 0. The molecule has 0 aliphatic carbocycles. The summed E-state index contributed by atoms with van der Waals surface area (Å²) in [4.78, 5) is 29.7. The Morgan fingerprint density at radius 1 is 0.903 bits per heavy atom. The molecule has 4 rings (SSSR count). The third-order valence-electron chi connectivity index (χ3n) is 6.25. The third kappa shape index (κ3) is 5.22. The Balaban J connectivity index is 1.40. The number of Topliss-reactive ketones (excluding diaryl/α,β-unsaturated/α-hetero) is 1. The van der Waals surface area contributed by atoms with E-state index in [9.17, 15) is 18.0 Å². The quantitative estimate of drug-likeness (QED) is 0.646. The van der Waals surface area contributed by atoms with Gasteiger partial charge in [0.25, 0.3) is 0 Å². The molecule has 1 amide bonds. The molecule has 2 heterocycles. The molecule has 0 saturated carbocycles. The van der Waals surface area contributed by atoms with E-state index in [1.165, 1.54) is 0 Å². The zero-order valence-corrected chi connectivity index (χ0v) is 18.3. The zero-order valence-electron chi connectivity index (χ0n) is 17.5. The summed E-state index contributed by atoms with van der Waals surface area (Å²) in [6, 6.07) is 18.4. The Labute approximate surface area is 183 Å². The molecule has 6 nitrogen and oxygen atoms in total. The highest BCUT2D eigenvalue weighted by atomic mass is 32.2. The second kappa shape index (κ2) is 9.32. The number of hydrogen-bond acceptors (Lipinski definition) is 5. The van der Waals surface area contributed by atoms with Gasteiger partial charge >= 0.3 is 0 Å². The first kappa shape index (κ1) is 21.7. The van der Waals surface area contributed by atoms with E-state index >= 15 is 0 Å². The van der Waals surface area contributed by atoms with Gasteiger partial charge in [0.1, 0.15) is 0 Å². The van der Waals surface area contributed by atoms with Gasteiger partial charge < -0.3 is 4.90 Å². The third-order valence-corrected chi connectivity index (χ3v) is 8.00. The fourth-order valence-corrected chi connectivity index (χ4v) is 6.28. The number of likely N-dealkylation sites (tertiary alicyclic amines) is 1. The van der Waals surface area contributed by atoms with Crippen molar-refractivity contribution in [3.05, 3.63) is 66.2 Å². The maximum Gasteiger partial charge on any atom is 0.241 e. The van der Waals surface area contributed by atoms with Gasteiger partial charge in [-0.25, -0.2) is 8.42 Å². The monoisotopic (exact) mass is 440 g/mol. The molecule has 2 saturated heterocycles. The van der Waals surface area contributed by atoms with Gasteiger partial charge in [0.05, 0.1) is 24.1 Å². The Morgan fingerprint density at radius 2 is 1.52 bits per heavy atom. The zero-order chi connectivity index (χ0) is 21.8. The fraction of sp³-hybridized carbons (Fsp3) is 0.417. The van der Waals surface area contributed by atoms with Gasteiger partial charge in [-0.2, -0.15) is 0 Å². The van der Waals surface area contributed by atoms with E-state index in [1.54, 1.807) is 4.90 Å². The number of anilines is 1. The van der Waals surface area contributed by atoms with Crippen molar-refractivity contribution < 1.29 is 18.0 Å². The molecule has 2 aliphatic rings. The van der Waals surface area contributed by atoms with Crippen molar-refractivity contribution >= 4 is 27.2 Å². The van der Waals surface area contributed by atoms with Gasteiger partial charge in [-0.05, 0) is 44.5 Å². The molecule has 164 valence electrons. The van der Waals surface area contributed by atoms with E-state index in [0.717, 1.165) is 24.1 Å². The van der Waals surface area contributed by atoms with Crippen LogP contribution in [-0.2, 0) is 14.6 Å². The summed E-state index contributed by atoms with van der Waals surface area (Å²) in [5, 5.41) is 0. The first-order chi connectivity index (χ1) is 14.9. The van der Waals surface area contributed by atoms with E-state index in [2.05, 4.69) is 4.90 Å². The summed E-state index contributed by atoms with van der Waals surface area (Å²) in [5.41, 5.74) is 1.48. The minimum absolute atomic E-state index is 0.0149. The van der Waals surface area contributed by atoms with Crippen LogP contribution in [0.1, 0.15) is 29.6 Å². The van der Waals surface area contributed by atoms with E-state index in [-0.39, 0.29) is 41.7 Å². The number of para-hydroxylation sites is 1. The number of piperidine rings is 1. The van der Waals surface area contributed by atoms with Crippen molar-refractivity contribution in [1.82, 2.24) is 4.90 Å². The molecular weight excluding hydrogens is 412 g/mol. The Bertz CT molecular complexity index is 1020. The summed E-state index contributed by atoms with van der Waals surface area (Å²) in [6.07, 6.45) is 1.92. The standard InChI is InChI=1S/C24H28N2O4S/c27-23(26(21-9-5-2-6-10-21)22-13-16-31(29,30)18-22)17-25-14-11-20(12-15-25)24(28)19-7-3-1-4-8-19/h1-10,20,22H,11-18H2. The van der Waals surface area contributed by atoms with Crippen LogP contribution in [0, 0.1) is 5.92 Å². The lowest BCUT2D eigenvalue weighted by Gasteiger charge is -2.34. The highest BCUT2D eigenvalue weighted by Gasteiger charge is 2.36. The molecule has 2 aromatic rings. The maximum atomic E-state index is 13.3. The van der Waals surface area contributed by atoms with Crippen LogP contribution in [0.4, 0.5) is 5.69 Å². The summed E-state index contributed by atoms with van der Waals surface area (Å²) < 4.78 is 24.1. The maximum absolute atomic E-state index is 13.3. The van der Waals surface area contributed by atoms with Gasteiger partial charge in [0.15, 0.2) is 15.6 Å². The van der Waals surface area contributed by atoms with Crippen LogP contribution in [0.3, 0.4) is 0 Å². The molecule has 31 heavy (non-hydrogen) atoms. The van der Waals surface area contributed by atoms with Gasteiger partial charge in [-0.1, -0.05) is 48.5 Å². The Hall–Kier alpha value is -2.51. The SMILES string of the molecule is O=C(c1ccccc1)C1CCN(CC(=O)N(c2ccccc2)C2CCS(=O)(=O)C2)CC1. The first-order valence-corrected chi connectivity index (χ1v) is 12.6. The molecule has 0 radical (unpaired) electrons. The van der Waals surface area contributed by atoms with Crippen LogP contribution in [0.25, 0.3) is 0 Å². The molecule has 0 N–H and O–H groups in total. The summed E-state index contributed by atoms with van der Waals surface area (Å²) >= 11 is 0. The number of sulfone groups is 1. The van der Waals surface area contributed by atoms with Crippen molar-refractivity contribution in [1.29, 1.82) is 0 Å². The van der Waals surface area contributed by atoms with E-state index in [1.807, 2.05) is 60.7 Å². The normalized spacial score (nSPS) is 21.6. The van der Waals surface area contributed by atoms with Crippen LogP contribution in [-0.4, -0.2) is 62.2 Å². The lowest BCUT2D eigenvalue weighted by molar-refractivity contribution is -0.120. The lowest BCUT2D eigenvalue weighted by Crippen LogP contribution is -2.48. The average Bonchev–Trinajstić information content (AvgIpc) is 3.14. The van der Waals surface area contributed by atoms with E-state index in [4.69, 9.17) is 0 Å². The fourth-order valence-electron chi connectivity index (χ4n) is 4.58. The molecule has 2 fully saturated rings. The molecule has 2 aromatic carbocycles. The highest BCUT2D eigenvalue weighted by Crippen LogP contribution is 2.26. The number of carbonyl (C=O) groups is 2. The van der Waals surface area contributed by atoms with Crippen molar-refractivity contribution in [2.75, 3.05) is 36.0 Å². The number of ketones is 1. The number of amides is 1. The topological polar surface area (TPSA) is 74.8 Å². The minimum atomic E-state index is -3.10. The summed E-state index contributed by atoms with van der Waals surface area (Å²) in [7, 11) is -3.10. The van der Waals surface area contributed by atoms with Crippen LogP contribution in [0.2, 0.25) is 0 Å². The number of carbonyl (C=O) groups excluding carboxylic acids is 2. The van der Waals surface area contributed by atoms with E-state index in [0.29, 0.717) is 19.5 Å². The van der Waals surface area contributed by atoms with Crippen molar-refractivity contribution in [2.45, 2.75) is 25.3 Å². The molecule has 0 aromatic heterocycles. The lowest BCUT2D eigenvalue weighted by atomic mass is 9.89. The number of nitrogens with zero attached hydrogens (tertiary/aromatic N) is 2. The second-order valence-corrected chi connectivity index (χ2v) is 10.7. The highest BCUT2D eigenvalue weighted by molar-refractivity contribution is 7.91. The summed E-state index contributed by atoms with van der Waals surface area (Å²) in [6.45, 7) is 1.60. The van der Waals surface area contributed by atoms with Crippen molar-refractivity contribution in [3.63, 3.8) is 0 Å². The second-order valence-electron chi connectivity index (χ2n) is 8.44. The van der Waals surface area contributed by atoms with Crippen molar-refractivity contribution in [3.8, 4) is 0 Å². The average molecular weight is 441 g/mol. The molecule has 7 heteroatoms. The largest absolute Gasteiger partial charge is 0.307 e. The van der Waals surface area contributed by atoms with Crippen molar-refractivity contribution in [2.24, 2.45) is 5.92 Å². The van der Waals surface area contributed by atoms with Crippen LogP contribution >= 0.6 is 0 Å². The Kier molecular flexibility index (Phi) is 6.53. The van der Waals surface area contributed by atoms with Crippen LogP contribution < -0.4 is 4.90 Å². The van der Waals surface area contributed by atoms with Crippen LogP contribution in [0.15, 0.2) is 60.7 Å². The molecule has 0 bridgehead atoms. The predicted molar refractivity (Wildman–Crippen MR) is 121 cm³/mol. The van der Waals surface area contributed by atoms with Gasteiger partial charge in [-0.3, -0.25) is 14.5 Å². The molecule has 1 atom stereocenters. The minimum Gasteiger partial charge on any atom is -0.307 e. The van der Waals surface area contributed by atoms with Gasteiger partial charge in [0, 0.05) is 17.2 Å². The predicted octanol–water partition coefficient (Wildman–Crippen LogP) is 2.80. The van der Waals surface area contributed by atoms with E-state index < -0.39 is 9.84 Å². The molecule has 1 unspecified atom stereocenters. The van der Waals surface area contributed by atoms with Gasteiger partial charge in [-0.15, -0.1) is 0 Å². The van der Waals surface area contributed by atoms with Gasteiger partial charge in [0.2, 0.25) is 5.91 Å². The Morgan fingerprint density at radius 3 is 2.10 bits per heavy atom. The number of benzene rings is 2. The first-order valence-electron chi connectivity index (χ1n) is 10.8. The summed E-state index contributed by atoms with van der Waals surface area (Å²) in [5.74, 6) is 0.219. The molecule has 0 spiro atoms. The number of rotatable bonds is 6. The smallest absolute Gasteiger partial charge is 0.241 e. The molecule has 2 aliphatic heterocycles. The van der Waals surface area contributed by atoms with Crippen LogP contribution in [0.5, 0.6) is 0 Å².